The zero-order chi connectivity index (χ0) is 12.5. The number of amides is 1. The summed E-state index contributed by atoms with van der Waals surface area (Å²) in [6, 6.07) is -0.323. The highest BCUT2D eigenvalue weighted by Gasteiger charge is 2.22. The molecule has 1 saturated heterocycles. The fraction of sp³-hybridized carbons (Fsp3) is 0.818. The topological polar surface area (TPSA) is 73.9 Å². The Morgan fingerprint density at radius 2 is 2.06 bits per heavy atom. The Bertz CT molecular complexity index is 246. The molecule has 0 unspecified atom stereocenters. The van der Waals surface area contributed by atoms with Gasteiger partial charge in [-0.1, -0.05) is 26.2 Å². The molecular formula is C11H19NO5. The molecule has 1 heterocycles. The summed E-state index contributed by atoms with van der Waals surface area (Å²) in [4.78, 5) is 21.9. The Labute approximate surface area is 101 Å². The largest absolute Gasteiger partial charge is 0.508 e. The molecule has 1 amide bonds. The van der Waals surface area contributed by atoms with E-state index in [2.05, 4.69) is 21.7 Å². The van der Waals surface area contributed by atoms with Crippen LogP contribution >= 0.6 is 0 Å². The van der Waals surface area contributed by atoms with Gasteiger partial charge < -0.3 is 19.5 Å². The highest BCUT2D eigenvalue weighted by atomic mass is 16.7. The van der Waals surface area contributed by atoms with Gasteiger partial charge in [0.15, 0.2) is 0 Å². The summed E-state index contributed by atoms with van der Waals surface area (Å²) in [6.45, 7) is 2.80. The molecule has 6 heteroatoms. The first kappa shape index (κ1) is 13.6. The van der Waals surface area contributed by atoms with Gasteiger partial charge in [0.25, 0.3) is 0 Å². The summed E-state index contributed by atoms with van der Waals surface area (Å²) in [5.41, 5.74) is 0. The number of hydrogen-bond acceptors (Lipinski definition) is 5. The van der Waals surface area contributed by atoms with E-state index in [1.807, 2.05) is 0 Å². The second-order valence-electron chi connectivity index (χ2n) is 3.91. The number of hydrogen-bond donors (Lipinski definition) is 1. The lowest BCUT2D eigenvalue weighted by Crippen LogP contribution is -2.45. The van der Waals surface area contributed by atoms with Gasteiger partial charge in [-0.25, -0.2) is 9.59 Å². The van der Waals surface area contributed by atoms with Crippen molar-refractivity contribution in [2.45, 2.75) is 38.6 Å². The van der Waals surface area contributed by atoms with Gasteiger partial charge in [0.2, 0.25) is 0 Å². The predicted octanol–water partition coefficient (Wildman–Crippen LogP) is 1.83. The van der Waals surface area contributed by atoms with Crippen molar-refractivity contribution in [3.63, 3.8) is 0 Å². The summed E-state index contributed by atoms with van der Waals surface area (Å²) < 4.78 is 14.2. The quantitative estimate of drug-likeness (QED) is 0.570. The van der Waals surface area contributed by atoms with Crippen molar-refractivity contribution in [2.75, 3.05) is 19.8 Å². The summed E-state index contributed by atoms with van der Waals surface area (Å²) in [5, 5.41) is 2.57. The van der Waals surface area contributed by atoms with Gasteiger partial charge in [0, 0.05) is 0 Å². The van der Waals surface area contributed by atoms with Gasteiger partial charge in [-0.15, -0.1) is 0 Å². The average Bonchev–Trinajstić information content (AvgIpc) is 2.32. The van der Waals surface area contributed by atoms with Gasteiger partial charge in [-0.2, -0.15) is 0 Å². The lowest BCUT2D eigenvalue weighted by molar-refractivity contribution is 0.000331. The first-order valence-electron chi connectivity index (χ1n) is 5.95. The summed E-state index contributed by atoms with van der Waals surface area (Å²) in [6.07, 6.45) is 3.05. The van der Waals surface area contributed by atoms with E-state index in [1.54, 1.807) is 0 Å². The Balaban J connectivity index is 2.02. The van der Waals surface area contributed by atoms with Crippen molar-refractivity contribution in [3.8, 4) is 0 Å². The van der Waals surface area contributed by atoms with E-state index in [4.69, 9.17) is 4.74 Å². The number of carbonyl (C=O) groups excluding carboxylic acids is 2. The third-order valence-electron chi connectivity index (χ3n) is 2.36. The molecule has 6 nitrogen and oxygen atoms in total. The van der Waals surface area contributed by atoms with Crippen LogP contribution in [0.5, 0.6) is 0 Å². The SMILES string of the molecule is CCCCCCOC(=O)NC1COC(=O)OC1. The van der Waals surface area contributed by atoms with Crippen LogP contribution in [0.4, 0.5) is 9.59 Å². The smallest absolute Gasteiger partial charge is 0.450 e. The number of ether oxygens (including phenoxy) is 3. The number of rotatable bonds is 6. The van der Waals surface area contributed by atoms with Crippen LogP contribution < -0.4 is 5.32 Å². The normalized spacial score (nSPS) is 15.9. The van der Waals surface area contributed by atoms with E-state index in [-0.39, 0.29) is 19.3 Å². The molecule has 0 atom stereocenters. The van der Waals surface area contributed by atoms with Crippen LogP contribution in [0.3, 0.4) is 0 Å². The van der Waals surface area contributed by atoms with Crippen LogP contribution in [0.25, 0.3) is 0 Å². The van der Waals surface area contributed by atoms with Crippen molar-refractivity contribution < 1.29 is 23.8 Å². The monoisotopic (exact) mass is 245 g/mol. The first-order chi connectivity index (χ1) is 8.22. The van der Waals surface area contributed by atoms with Crippen LogP contribution in [0.1, 0.15) is 32.6 Å². The zero-order valence-electron chi connectivity index (χ0n) is 10.1. The molecule has 1 aliphatic rings. The van der Waals surface area contributed by atoms with Gasteiger partial charge in [-0.3, -0.25) is 0 Å². The predicted molar refractivity (Wildman–Crippen MR) is 59.7 cm³/mol. The molecule has 98 valence electrons. The number of unbranched alkanes of at least 4 members (excludes halogenated alkanes) is 3. The van der Waals surface area contributed by atoms with E-state index in [0.29, 0.717) is 6.61 Å². The van der Waals surface area contributed by atoms with Gasteiger partial charge in [0.05, 0.1) is 6.61 Å². The number of alkyl carbamates (subject to hydrolysis) is 1. The van der Waals surface area contributed by atoms with E-state index < -0.39 is 12.2 Å². The summed E-state index contributed by atoms with van der Waals surface area (Å²) in [7, 11) is 0. The minimum Gasteiger partial charge on any atom is -0.450 e. The van der Waals surface area contributed by atoms with Crippen LogP contribution in [-0.4, -0.2) is 38.1 Å². The fourth-order valence-electron chi connectivity index (χ4n) is 1.41. The van der Waals surface area contributed by atoms with Crippen molar-refractivity contribution >= 4 is 12.2 Å². The lowest BCUT2D eigenvalue weighted by Gasteiger charge is -2.22. The molecule has 0 aromatic rings. The molecule has 0 aliphatic carbocycles. The molecule has 17 heavy (non-hydrogen) atoms. The molecule has 0 bridgehead atoms. The second-order valence-corrected chi connectivity index (χ2v) is 3.91. The Morgan fingerprint density at radius 3 is 2.71 bits per heavy atom. The molecule has 1 rings (SSSR count). The number of carbonyl (C=O) groups is 2. The Morgan fingerprint density at radius 1 is 1.35 bits per heavy atom. The van der Waals surface area contributed by atoms with Crippen molar-refractivity contribution in [1.29, 1.82) is 0 Å². The Kier molecular flexibility index (Phi) is 6.21. The van der Waals surface area contributed by atoms with E-state index in [9.17, 15) is 9.59 Å². The molecule has 0 radical (unpaired) electrons. The van der Waals surface area contributed by atoms with Crippen LogP contribution in [-0.2, 0) is 14.2 Å². The average molecular weight is 245 g/mol. The molecule has 0 saturated carbocycles. The number of cyclic esters (lactones) is 2. The highest BCUT2D eigenvalue weighted by molar-refractivity contribution is 5.68. The van der Waals surface area contributed by atoms with Crippen LogP contribution in [0, 0.1) is 0 Å². The number of nitrogens with one attached hydrogen (secondary N) is 1. The minimum absolute atomic E-state index is 0.129. The standard InChI is InChI=1S/C11H19NO5/c1-2-3-4-5-6-15-10(13)12-9-7-16-11(14)17-8-9/h9H,2-8H2,1H3,(H,12,13). The molecule has 0 aromatic carbocycles. The van der Waals surface area contributed by atoms with Gasteiger partial charge >= 0.3 is 12.2 Å². The lowest BCUT2D eigenvalue weighted by atomic mass is 10.2. The summed E-state index contributed by atoms with van der Waals surface area (Å²) >= 11 is 0. The molecule has 1 fully saturated rings. The van der Waals surface area contributed by atoms with E-state index in [0.717, 1.165) is 25.7 Å². The molecule has 1 N–H and O–H groups in total. The highest BCUT2D eigenvalue weighted by Crippen LogP contribution is 2.01. The first-order valence-corrected chi connectivity index (χ1v) is 5.95. The maximum atomic E-state index is 11.3. The van der Waals surface area contributed by atoms with Gasteiger partial charge in [0.1, 0.15) is 19.3 Å². The third kappa shape index (κ3) is 5.99. The fourth-order valence-corrected chi connectivity index (χ4v) is 1.41. The molecular weight excluding hydrogens is 226 g/mol. The second kappa shape index (κ2) is 7.76. The molecule has 0 aromatic heterocycles. The summed E-state index contributed by atoms with van der Waals surface area (Å²) in [5.74, 6) is 0. The van der Waals surface area contributed by atoms with Crippen LogP contribution in [0.15, 0.2) is 0 Å². The molecule has 1 aliphatic heterocycles. The van der Waals surface area contributed by atoms with E-state index in [1.165, 1.54) is 0 Å². The van der Waals surface area contributed by atoms with Crippen molar-refractivity contribution in [2.24, 2.45) is 0 Å². The van der Waals surface area contributed by atoms with Gasteiger partial charge in [-0.05, 0) is 6.42 Å². The maximum Gasteiger partial charge on any atom is 0.508 e. The zero-order valence-corrected chi connectivity index (χ0v) is 10.1. The molecule has 0 spiro atoms. The van der Waals surface area contributed by atoms with Crippen LogP contribution in [0.2, 0.25) is 0 Å². The Hall–Kier alpha value is -1.46. The maximum absolute atomic E-state index is 11.3. The third-order valence-corrected chi connectivity index (χ3v) is 2.36. The van der Waals surface area contributed by atoms with Crippen molar-refractivity contribution in [1.82, 2.24) is 5.32 Å². The minimum atomic E-state index is -0.698. The van der Waals surface area contributed by atoms with E-state index >= 15 is 0 Å². The van der Waals surface area contributed by atoms with Crippen molar-refractivity contribution in [3.05, 3.63) is 0 Å².